The minimum absolute atomic E-state index is 0.169. The maximum absolute atomic E-state index is 14.4. The molecule has 1 fully saturated rings. The Labute approximate surface area is 208 Å². The van der Waals surface area contributed by atoms with Crippen molar-refractivity contribution < 1.29 is 9.13 Å². The third-order valence-corrected chi connectivity index (χ3v) is 6.80. The standard InChI is InChI=1S/C26H30FN7O2/c1-17-14-18(2)23-19(15-17)16-20(26(35)28-23)24(25-29-30-31-34(25)12-13-36-3)33-10-8-32(9-11-33)22-7-5-4-6-21(22)27/h4-7,14-16,24H,8-13H2,1-3H3,(H,28,35)/t24-/m1/s1. The van der Waals surface area contributed by atoms with Crippen LogP contribution in [-0.2, 0) is 11.3 Å². The summed E-state index contributed by atoms with van der Waals surface area (Å²) in [4.78, 5) is 20.8. The van der Waals surface area contributed by atoms with Crippen molar-refractivity contribution in [3.05, 3.63) is 81.2 Å². The summed E-state index contributed by atoms with van der Waals surface area (Å²) in [5, 5.41) is 13.4. The molecule has 0 amide bonds. The van der Waals surface area contributed by atoms with Gasteiger partial charge in [0.15, 0.2) is 5.82 Å². The van der Waals surface area contributed by atoms with Crippen LogP contribution < -0.4 is 10.5 Å². The van der Waals surface area contributed by atoms with E-state index in [0.29, 0.717) is 56.4 Å². The summed E-state index contributed by atoms with van der Waals surface area (Å²) in [5.74, 6) is 0.350. The van der Waals surface area contributed by atoms with Gasteiger partial charge in [0.05, 0.1) is 24.4 Å². The number of ether oxygens (including phenoxy) is 1. The van der Waals surface area contributed by atoms with Crippen molar-refractivity contribution in [2.45, 2.75) is 26.4 Å². The third kappa shape index (κ3) is 4.61. The topological polar surface area (TPSA) is 92.2 Å². The summed E-state index contributed by atoms with van der Waals surface area (Å²) >= 11 is 0. The highest BCUT2D eigenvalue weighted by atomic mass is 19.1. The molecule has 1 aliphatic heterocycles. The van der Waals surface area contributed by atoms with Crippen LogP contribution in [0.2, 0.25) is 0 Å². The molecule has 1 saturated heterocycles. The molecular weight excluding hydrogens is 461 g/mol. The van der Waals surface area contributed by atoms with Crippen LogP contribution in [0.1, 0.15) is 28.6 Å². The third-order valence-electron chi connectivity index (χ3n) is 6.80. The molecule has 3 heterocycles. The summed E-state index contributed by atoms with van der Waals surface area (Å²) in [6, 6.07) is 12.4. The van der Waals surface area contributed by atoms with Gasteiger partial charge in [0.25, 0.3) is 5.56 Å². The second kappa shape index (κ2) is 10.2. The zero-order valence-corrected chi connectivity index (χ0v) is 20.7. The molecular formula is C26H30FN7O2. The number of hydrogen-bond acceptors (Lipinski definition) is 7. The van der Waals surface area contributed by atoms with Gasteiger partial charge in [-0.05, 0) is 59.5 Å². The highest BCUT2D eigenvalue weighted by Gasteiger charge is 2.33. The number of rotatable bonds is 7. The fourth-order valence-electron chi connectivity index (χ4n) is 5.08. The molecule has 0 radical (unpaired) electrons. The van der Waals surface area contributed by atoms with Crippen LogP contribution in [-0.4, -0.2) is 70.0 Å². The highest BCUT2D eigenvalue weighted by Crippen LogP contribution is 2.30. The molecule has 36 heavy (non-hydrogen) atoms. The number of para-hydroxylation sites is 1. The highest BCUT2D eigenvalue weighted by molar-refractivity contribution is 5.83. The van der Waals surface area contributed by atoms with Gasteiger partial charge in [-0.1, -0.05) is 23.8 Å². The zero-order valence-electron chi connectivity index (χ0n) is 20.7. The lowest BCUT2D eigenvalue weighted by molar-refractivity contribution is 0.171. The minimum Gasteiger partial charge on any atom is -0.383 e. The van der Waals surface area contributed by atoms with E-state index in [9.17, 15) is 9.18 Å². The quantitative estimate of drug-likeness (QED) is 0.425. The van der Waals surface area contributed by atoms with Crippen molar-refractivity contribution in [3.63, 3.8) is 0 Å². The summed E-state index contributed by atoms with van der Waals surface area (Å²) in [7, 11) is 1.63. The zero-order chi connectivity index (χ0) is 25.2. The van der Waals surface area contributed by atoms with Crippen molar-refractivity contribution in [1.82, 2.24) is 30.1 Å². The van der Waals surface area contributed by atoms with Crippen LogP contribution in [0, 0.1) is 19.7 Å². The number of benzene rings is 2. The largest absolute Gasteiger partial charge is 0.383 e. The lowest BCUT2D eigenvalue weighted by Crippen LogP contribution is -2.49. The Morgan fingerprint density at radius 1 is 1.11 bits per heavy atom. The number of H-pyrrole nitrogens is 1. The van der Waals surface area contributed by atoms with Crippen molar-refractivity contribution in [2.24, 2.45) is 0 Å². The van der Waals surface area contributed by atoms with Gasteiger partial charge >= 0.3 is 0 Å². The first-order valence-corrected chi connectivity index (χ1v) is 12.1. The Hall–Kier alpha value is -3.63. The van der Waals surface area contributed by atoms with E-state index in [1.165, 1.54) is 6.07 Å². The number of tetrazole rings is 1. The summed E-state index contributed by atoms with van der Waals surface area (Å²) in [5.41, 5.74) is 3.98. The molecule has 1 aliphatic rings. The predicted octanol–water partition coefficient (Wildman–Crippen LogP) is 2.83. The Morgan fingerprint density at radius 3 is 2.64 bits per heavy atom. The molecule has 2 aromatic heterocycles. The van der Waals surface area contributed by atoms with E-state index < -0.39 is 6.04 Å². The first-order valence-electron chi connectivity index (χ1n) is 12.1. The number of nitrogens with zero attached hydrogens (tertiary/aromatic N) is 6. The van der Waals surface area contributed by atoms with Crippen LogP contribution >= 0.6 is 0 Å². The predicted molar refractivity (Wildman–Crippen MR) is 136 cm³/mol. The van der Waals surface area contributed by atoms with E-state index >= 15 is 0 Å². The Kier molecular flexibility index (Phi) is 6.80. The van der Waals surface area contributed by atoms with E-state index in [2.05, 4.69) is 37.5 Å². The van der Waals surface area contributed by atoms with Crippen molar-refractivity contribution in [3.8, 4) is 0 Å². The number of hydrogen-bond donors (Lipinski definition) is 1. The van der Waals surface area contributed by atoms with Gasteiger partial charge < -0.3 is 14.6 Å². The molecule has 1 atom stereocenters. The second-order valence-electron chi connectivity index (χ2n) is 9.23. The van der Waals surface area contributed by atoms with Crippen LogP contribution in [0.5, 0.6) is 0 Å². The smallest absolute Gasteiger partial charge is 0.253 e. The van der Waals surface area contributed by atoms with Gasteiger partial charge in [0.2, 0.25) is 0 Å². The van der Waals surface area contributed by atoms with Gasteiger partial charge in [-0.2, -0.15) is 0 Å². The number of piperazine rings is 1. The number of aromatic amines is 1. The molecule has 0 saturated carbocycles. The van der Waals surface area contributed by atoms with Gasteiger partial charge in [-0.3, -0.25) is 9.69 Å². The molecule has 188 valence electrons. The van der Waals surface area contributed by atoms with E-state index in [4.69, 9.17) is 4.74 Å². The molecule has 0 unspecified atom stereocenters. The molecule has 0 bridgehead atoms. The van der Waals surface area contributed by atoms with Gasteiger partial charge in [-0.15, -0.1) is 5.10 Å². The SMILES string of the molecule is COCCn1nnnc1[C@@H](c1cc2cc(C)cc(C)c2[nH]c1=O)N1CCN(c2ccccc2F)CC1. The van der Waals surface area contributed by atoms with Crippen LogP contribution in [0.25, 0.3) is 10.9 Å². The molecule has 0 aliphatic carbocycles. The lowest BCUT2D eigenvalue weighted by atomic mass is 10.00. The van der Waals surface area contributed by atoms with E-state index in [-0.39, 0.29) is 11.4 Å². The van der Waals surface area contributed by atoms with Crippen LogP contribution in [0.15, 0.2) is 47.3 Å². The summed E-state index contributed by atoms with van der Waals surface area (Å²) in [6.07, 6.45) is 0. The van der Waals surface area contributed by atoms with Gasteiger partial charge in [0, 0.05) is 38.9 Å². The Balaban J connectivity index is 1.55. The monoisotopic (exact) mass is 491 g/mol. The fourth-order valence-corrected chi connectivity index (χ4v) is 5.08. The first kappa shape index (κ1) is 24.1. The van der Waals surface area contributed by atoms with Crippen molar-refractivity contribution >= 4 is 16.6 Å². The van der Waals surface area contributed by atoms with Crippen molar-refractivity contribution in [1.29, 1.82) is 0 Å². The average molecular weight is 492 g/mol. The van der Waals surface area contributed by atoms with E-state index in [1.807, 2.05) is 30.9 Å². The molecule has 4 aromatic rings. The average Bonchev–Trinajstić information content (AvgIpc) is 3.32. The van der Waals surface area contributed by atoms with Crippen molar-refractivity contribution in [2.75, 3.05) is 44.8 Å². The maximum Gasteiger partial charge on any atom is 0.253 e. The van der Waals surface area contributed by atoms with E-state index in [1.54, 1.807) is 23.9 Å². The number of anilines is 1. The van der Waals surface area contributed by atoms with Crippen LogP contribution in [0.4, 0.5) is 10.1 Å². The number of methoxy groups -OCH3 is 1. The van der Waals surface area contributed by atoms with Gasteiger partial charge in [0.1, 0.15) is 11.9 Å². The lowest BCUT2D eigenvalue weighted by Gasteiger charge is -2.39. The maximum atomic E-state index is 14.4. The molecule has 0 spiro atoms. The number of fused-ring (bicyclic) bond motifs is 1. The van der Waals surface area contributed by atoms with Gasteiger partial charge in [-0.25, -0.2) is 9.07 Å². The molecule has 5 rings (SSSR count). The molecule has 9 nitrogen and oxygen atoms in total. The Bertz CT molecular complexity index is 1430. The summed E-state index contributed by atoms with van der Waals surface area (Å²) < 4.78 is 21.4. The minimum atomic E-state index is -0.464. The first-order chi connectivity index (χ1) is 17.5. The number of nitrogens with one attached hydrogen (secondary N) is 1. The second-order valence-corrected chi connectivity index (χ2v) is 9.23. The summed E-state index contributed by atoms with van der Waals surface area (Å²) in [6.45, 7) is 7.40. The molecule has 10 heteroatoms. The Morgan fingerprint density at radius 2 is 1.89 bits per heavy atom. The number of aryl methyl sites for hydroxylation is 2. The van der Waals surface area contributed by atoms with E-state index in [0.717, 1.165) is 22.0 Å². The fraction of sp³-hybridized carbons (Fsp3) is 0.385. The molecule has 2 aromatic carbocycles. The molecule has 1 N–H and O–H groups in total. The number of pyridine rings is 1. The normalized spacial score (nSPS) is 15.5. The number of halogens is 1. The van der Waals surface area contributed by atoms with Crippen LogP contribution in [0.3, 0.4) is 0 Å². The number of aromatic nitrogens is 5.